The standard InChI is InChI=1S/C14H20N6O3.ClH/c1-9-5-11(18-23-9)17-12(21)8-19(3)14(22)13(15-2)10-6-16-20(4)7-10;/h5-7,13,15H,8H2,1-4H3,(H,17,18,21);1H. The van der Waals surface area contributed by atoms with Crippen molar-refractivity contribution in [2.24, 2.45) is 7.05 Å². The van der Waals surface area contributed by atoms with Crippen LogP contribution in [-0.2, 0) is 16.6 Å². The number of hydrogen-bond acceptors (Lipinski definition) is 6. The highest BCUT2D eigenvalue weighted by Gasteiger charge is 2.24. The summed E-state index contributed by atoms with van der Waals surface area (Å²) >= 11 is 0. The lowest BCUT2D eigenvalue weighted by Gasteiger charge is -2.22. The van der Waals surface area contributed by atoms with Gasteiger partial charge in [-0.15, -0.1) is 12.4 Å². The van der Waals surface area contributed by atoms with Gasteiger partial charge in [0.1, 0.15) is 11.8 Å². The molecule has 1 atom stereocenters. The minimum Gasteiger partial charge on any atom is -0.360 e. The molecule has 10 heteroatoms. The number of hydrogen-bond donors (Lipinski definition) is 2. The molecular formula is C14H21ClN6O3. The number of aryl methyl sites for hydroxylation is 2. The molecule has 0 aromatic carbocycles. The number of carbonyl (C=O) groups is 2. The Morgan fingerprint density at radius 2 is 2.17 bits per heavy atom. The Balaban J connectivity index is 0.00000288. The molecule has 132 valence electrons. The Morgan fingerprint density at radius 1 is 1.46 bits per heavy atom. The Labute approximate surface area is 145 Å². The minimum atomic E-state index is -0.559. The molecule has 0 spiro atoms. The maximum atomic E-state index is 12.5. The van der Waals surface area contributed by atoms with Crippen LogP contribution in [0.1, 0.15) is 17.4 Å². The lowest BCUT2D eigenvalue weighted by Crippen LogP contribution is -2.41. The molecule has 2 aromatic rings. The monoisotopic (exact) mass is 356 g/mol. The summed E-state index contributed by atoms with van der Waals surface area (Å²) in [4.78, 5) is 25.8. The van der Waals surface area contributed by atoms with E-state index in [1.165, 1.54) is 4.90 Å². The average Bonchev–Trinajstić information content (AvgIpc) is 3.08. The van der Waals surface area contributed by atoms with Crippen molar-refractivity contribution in [2.75, 3.05) is 26.0 Å². The van der Waals surface area contributed by atoms with Gasteiger partial charge >= 0.3 is 0 Å². The zero-order valence-electron chi connectivity index (χ0n) is 13.9. The lowest BCUT2D eigenvalue weighted by atomic mass is 10.1. The number of rotatable bonds is 6. The first-order chi connectivity index (χ1) is 10.9. The van der Waals surface area contributed by atoms with E-state index < -0.39 is 6.04 Å². The number of nitrogens with zero attached hydrogens (tertiary/aromatic N) is 4. The molecule has 2 N–H and O–H groups in total. The van der Waals surface area contributed by atoms with Crippen molar-refractivity contribution in [2.45, 2.75) is 13.0 Å². The van der Waals surface area contributed by atoms with Crippen LogP contribution in [0.2, 0.25) is 0 Å². The van der Waals surface area contributed by atoms with E-state index in [-0.39, 0.29) is 30.8 Å². The van der Waals surface area contributed by atoms with Crippen LogP contribution in [0.25, 0.3) is 0 Å². The van der Waals surface area contributed by atoms with Crippen LogP contribution in [0.3, 0.4) is 0 Å². The first-order valence-electron chi connectivity index (χ1n) is 7.04. The summed E-state index contributed by atoms with van der Waals surface area (Å²) < 4.78 is 6.49. The highest BCUT2D eigenvalue weighted by atomic mass is 35.5. The van der Waals surface area contributed by atoms with Gasteiger partial charge in [0, 0.05) is 31.9 Å². The van der Waals surface area contributed by atoms with Crippen LogP contribution in [0.15, 0.2) is 23.0 Å². The minimum absolute atomic E-state index is 0. The molecule has 2 heterocycles. The average molecular weight is 357 g/mol. The van der Waals surface area contributed by atoms with Crippen molar-refractivity contribution < 1.29 is 14.1 Å². The van der Waals surface area contributed by atoms with Gasteiger partial charge < -0.3 is 20.1 Å². The number of anilines is 1. The second-order valence-corrected chi connectivity index (χ2v) is 5.23. The molecule has 0 aliphatic rings. The molecule has 0 aliphatic heterocycles. The molecule has 1 unspecified atom stereocenters. The molecule has 24 heavy (non-hydrogen) atoms. The van der Waals surface area contributed by atoms with E-state index in [0.717, 1.165) is 5.56 Å². The van der Waals surface area contributed by atoms with Gasteiger partial charge in [-0.05, 0) is 14.0 Å². The predicted octanol–water partition coefficient (Wildman–Crippen LogP) is 0.496. The normalized spacial score (nSPS) is 11.5. The van der Waals surface area contributed by atoms with Crippen LogP contribution in [-0.4, -0.2) is 52.3 Å². The molecule has 0 saturated carbocycles. The smallest absolute Gasteiger partial charge is 0.245 e. The predicted molar refractivity (Wildman–Crippen MR) is 89.8 cm³/mol. The molecule has 2 rings (SSSR count). The van der Waals surface area contributed by atoms with Crippen molar-refractivity contribution in [1.29, 1.82) is 0 Å². The molecule has 2 amide bonds. The number of halogens is 1. The first-order valence-corrected chi connectivity index (χ1v) is 7.04. The van der Waals surface area contributed by atoms with Crippen LogP contribution in [0, 0.1) is 6.92 Å². The number of likely N-dealkylation sites (N-methyl/N-ethyl adjacent to an activating group) is 2. The van der Waals surface area contributed by atoms with Gasteiger partial charge in [0.2, 0.25) is 11.8 Å². The maximum Gasteiger partial charge on any atom is 0.245 e. The zero-order valence-corrected chi connectivity index (χ0v) is 14.8. The number of carbonyl (C=O) groups excluding carboxylic acids is 2. The van der Waals surface area contributed by atoms with E-state index in [9.17, 15) is 9.59 Å². The lowest BCUT2D eigenvalue weighted by molar-refractivity contribution is -0.135. The molecular weight excluding hydrogens is 336 g/mol. The number of amides is 2. The molecule has 2 aromatic heterocycles. The highest BCUT2D eigenvalue weighted by molar-refractivity contribution is 5.94. The van der Waals surface area contributed by atoms with Gasteiger partial charge in [-0.1, -0.05) is 5.16 Å². The second kappa shape index (κ2) is 8.46. The fourth-order valence-electron chi connectivity index (χ4n) is 2.14. The van der Waals surface area contributed by atoms with Crippen molar-refractivity contribution in [1.82, 2.24) is 25.2 Å². The van der Waals surface area contributed by atoms with E-state index in [1.807, 2.05) is 0 Å². The third kappa shape index (κ3) is 4.80. The van der Waals surface area contributed by atoms with Crippen molar-refractivity contribution in [3.63, 3.8) is 0 Å². The fourth-order valence-corrected chi connectivity index (χ4v) is 2.14. The fraction of sp³-hybridized carbons (Fsp3) is 0.429. The van der Waals surface area contributed by atoms with Crippen LogP contribution >= 0.6 is 12.4 Å². The zero-order chi connectivity index (χ0) is 17.0. The van der Waals surface area contributed by atoms with Crippen molar-refractivity contribution in [3.05, 3.63) is 29.8 Å². The van der Waals surface area contributed by atoms with Crippen LogP contribution in [0.4, 0.5) is 5.82 Å². The topological polar surface area (TPSA) is 105 Å². The molecule has 0 saturated heterocycles. The number of nitrogens with one attached hydrogen (secondary N) is 2. The first kappa shape index (κ1) is 19.7. The van der Waals surface area contributed by atoms with Crippen molar-refractivity contribution in [3.8, 4) is 0 Å². The van der Waals surface area contributed by atoms with Gasteiger partial charge in [-0.2, -0.15) is 5.10 Å². The van der Waals surface area contributed by atoms with Crippen LogP contribution < -0.4 is 10.6 Å². The van der Waals surface area contributed by atoms with Gasteiger partial charge in [-0.25, -0.2) is 0 Å². The Hall–Kier alpha value is -2.39. The quantitative estimate of drug-likeness (QED) is 0.780. The highest BCUT2D eigenvalue weighted by Crippen LogP contribution is 2.14. The molecule has 9 nitrogen and oxygen atoms in total. The Kier molecular flexibility index (Phi) is 6.93. The van der Waals surface area contributed by atoms with E-state index in [4.69, 9.17) is 4.52 Å². The van der Waals surface area contributed by atoms with E-state index in [0.29, 0.717) is 11.6 Å². The SMILES string of the molecule is CNC(C(=O)N(C)CC(=O)Nc1cc(C)on1)c1cnn(C)c1.Cl. The van der Waals surface area contributed by atoms with Gasteiger partial charge in [0.05, 0.1) is 12.7 Å². The molecule has 0 radical (unpaired) electrons. The summed E-state index contributed by atoms with van der Waals surface area (Å²) in [5, 5.41) is 13.2. The number of aromatic nitrogens is 3. The second-order valence-electron chi connectivity index (χ2n) is 5.23. The Morgan fingerprint density at radius 3 is 2.67 bits per heavy atom. The van der Waals surface area contributed by atoms with Crippen LogP contribution in [0.5, 0.6) is 0 Å². The van der Waals surface area contributed by atoms with Gasteiger partial charge in [0.25, 0.3) is 0 Å². The summed E-state index contributed by atoms with van der Waals surface area (Å²) in [6, 6.07) is 1.04. The van der Waals surface area contributed by atoms with E-state index >= 15 is 0 Å². The summed E-state index contributed by atoms with van der Waals surface area (Å²) in [5.74, 6) is 0.338. The summed E-state index contributed by atoms with van der Waals surface area (Å²) in [7, 11) is 5.02. The third-order valence-electron chi connectivity index (χ3n) is 3.25. The maximum absolute atomic E-state index is 12.5. The molecule has 0 fully saturated rings. The van der Waals surface area contributed by atoms with Gasteiger partial charge in [-0.3, -0.25) is 14.3 Å². The molecule has 0 bridgehead atoms. The van der Waals surface area contributed by atoms with Crippen molar-refractivity contribution >= 4 is 30.0 Å². The summed E-state index contributed by atoms with van der Waals surface area (Å²) in [6.45, 7) is 1.63. The van der Waals surface area contributed by atoms with E-state index in [2.05, 4.69) is 20.9 Å². The van der Waals surface area contributed by atoms with E-state index in [1.54, 1.807) is 51.2 Å². The summed E-state index contributed by atoms with van der Waals surface area (Å²) in [6.07, 6.45) is 3.37. The molecule has 0 aliphatic carbocycles. The van der Waals surface area contributed by atoms with Gasteiger partial charge in [0.15, 0.2) is 5.82 Å². The summed E-state index contributed by atoms with van der Waals surface area (Å²) in [5.41, 5.74) is 0.736. The largest absolute Gasteiger partial charge is 0.360 e. The third-order valence-corrected chi connectivity index (χ3v) is 3.25. The Bertz CT molecular complexity index is 698.